The number of fused-ring (bicyclic) bond motifs is 1. The van der Waals surface area contributed by atoms with Crippen molar-refractivity contribution in [1.82, 2.24) is 9.97 Å². The zero-order chi connectivity index (χ0) is 15.4. The molecule has 0 saturated heterocycles. The number of nitrogens with zero attached hydrogens (tertiary/aromatic N) is 2. The molecule has 0 unspecified atom stereocenters. The van der Waals surface area contributed by atoms with E-state index in [0.29, 0.717) is 5.69 Å². The van der Waals surface area contributed by atoms with Gasteiger partial charge in [-0.2, -0.15) is 5.26 Å². The molecule has 110 valence electrons. The van der Waals surface area contributed by atoms with Crippen molar-refractivity contribution in [2.75, 3.05) is 11.9 Å². The second-order valence-electron chi connectivity index (χ2n) is 5.25. The topological polar surface area (TPSA) is 64.5 Å². The molecule has 0 radical (unpaired) electrons. The molecule has 3 aromatic rings. The minimum Gasteiger partial charge on any atom is -0.383 e. The van der Waals surface area contributed by atoms with Crippen molar-refractivity contribution in [2.45, 2.75) is 19.8 Å². The fourth-order valence-corrected chi connectivity index (χ4v) is 2.52. The van der Waals surface area contributed by atoms with Crippen molar-refractivity contribution < 1.29 is 0 Å². The Kier molecular flexibility index (Phi) is 4.06. The maximum atomic E-state index is 9.27. The van der Waals surface area contributed by atoms with Crippen LogP contribution in [-0.4, -0.2) is 16.5 Å². The van der Waals surface area contributed by atoms with Crippen LogP contribution in [0, 0.1) is 11.3 Å². The number of hydrogen-bond acceptors (Lipinski definition) is 3. The van der Waals surface area contributed by atoms with Crippen LogP contribution in [0.3, 0.4) is 0 Å². The van der Waals surface area contributed by atoms with Gasteiger partial charge in [0.2, 0.25) is 0 Å². The van der Waals surface area contributed by atoms with Gasteiger partial charge in [0.15, 0.2) is 5.69 Å². The molecule has 0 spiro atoms. The Morgan fingerprint density at radius 3 is 2.82 bits per heavy atom. The molecule has 0 aliphatic carbocycles. The molecule has 2 heterocycles. The summed E-state index contributed by atoms with van der Waals surface area (Å²) in [6, 6.07) is 14.3. The van der Waals surface area contributed by atoms with Crippen LogP contribution in [0.5, 0.6) is 0 Å². The molecule has 0 amide bonds. The third-order valence-electron chi connectivity index (χ3n) is 3.70. The molecule has 2 aromatic heterocycles. The summed E-state index contributed by atoms with van der Waals surface area (Å²) >= 11 is 0. The molecule has 1 aromatic carbocycles. The van der Waals surface area contributed by atoms with Crippen LogP contribution in [0.4, 0.5) is 5.69 Å². The van der Waals surface area contributed by atoms with E-state index in [9.17, 15) is 5.26 Å². The van der Waals surface area contributed by atoms with E-state index in [4.69, 9.17) is 0 Å². The van der Waals surface area contributed by atoms with Crippen LogP contribution >= 0.6 is 0 Å². The monoisotopic (exact) mass is 290 g/mol. The van der Waals surface area contributed by atoms with Gasteiger partial charge in [-0.3, -0.25) is 0 Å². The predicted molar refractivity (Wildman–Crippen MR) is 89.6 cm³/mol. The predicted octanol–water partition coefficient (Wildman–Crippen LogP) is 4.31. The molecule has 0 aliphatic heterocycles. The molecule has 0 bridgehead atoms. The second kappa shape index (κ2) is 6.31. The van der Waals surface area contributed by atoms with E-state index in [1.54, 1.807) is 6.20 Å². The summed E-state index contributed by atoms with van der Waals surface area (Å²) < 4.78 is 0. The van der Waals surface area contributed by atoms with Gasteiger partial charge in [0.25, 0.3) is 0 Å². The number of rotatable bonds is 5. The van der Waals surface area contributed by atoms with E-state index in [2.05, 4.69) is 34.3 Å². The van der Waals surface area contributed by atoms with Crippen molar-refractivity contribution in [1.29, 1.82) is 5.26 Å². The summed E-state index contributed by atoms with van der Waals surface area (Å²) in [7, 11) is 0. The highest BCUT2D eigenvalue weighted by atomic mass is 14.9. The number of benzene rings is 1. The molecular weight excluding hydrogens is 272 g/mol. The number of hydrogen-bond donors (Lipinski definition) is 2. The van der Waals surface area contributed by atoms with Crippen LogP contribution in [0.2, 0.25) is 0 Å². The van der Waals surface area contributed by atoms with Gasteiger partial charge in [-0.05, 0) is 18.1 Å². The van der Waals surface area contributed by atoms with Crippen LogP contribution in [0.15, 0.2) is 42.6 Å². The third kappa shape index (κ3) is 2.66. The lowest BCUT2D eigenvalue weighted by Gasteiger charge is -2.06. The number of pyridine rings is 1. The van der Waals surface area contributed by atoms with Crippen LogP contribution < -0.4 is 5.32 Å². The van der Waals surface area contributed by atoms with Crippen LogP contribution in [-0.2, 0) is 0 Å². The highest BCUT2D eigenvalue weighted by Gasteiger charge is 2.11. The minimum absolute atomic E-state index is 0.429. The van der Waals surface area contributed by atoms with E-state index in [0.717, 1.165) is 47.2 Å². The van der Waals surface area contributed by atoms with E-state index >= 15 is 0 Å². The smallest absolute Gasteiger partial charge is 0.164 e. The van der Waals surface area contributed by atoms with Gasteiger partial charge in [-0.1, -0.05) is 43.7 Å². The van der Waals surface area contributed by atoms with Gasteiger partial charge >= 0.3 is 0 Å². The molecule has 0 fully saturated rings. The van der Waals surface area contributed by atoms with Crippen molar-refractivity contribution in [3.63, 3.8) is 0 Å². The Morgan fingerprint density at radius 1 is 1.27 bits per heavy atom. The zero-order valence-electron chi connectivity index (χ0n) is 12.6. The lowest BCUT2D eigenvalue weighted by molar-refractivity contribution is 0.834. The van der Waals surface area contributed by atoms with Gasteiger partial charge in [0, 0.05) is 17.6 Å². The third-order valence-corrected chi connectivity index (χ3v) is 3.70. The van der Waals surface area contributed by atoms with Gasteiger partial charge in [0.1, 0.15) is 6.07 Å². The van der Waals surface area contributed by atoms with E-state index in [-0.39, 0.29) is 0 Å². The van der Waals surface area contributed by atoms with Crippen molar-refractivity contribution in [3.8, 4) is 17.3 Å². The first-order valence-corrected chi connectivity index (χ1v) is 7.54. The largest absolute Gasteiger partial charge is 0.383 e. The number of unbranched alkanes of at least 4 members (excludes halogenated alkanes) is 1. The first-order valence-electron chi connectivity index (χ1n) is 7.54. The standard InChI is InChI=1S/C18H18N4/c1-2-3-9-20-17-12-21-16(11-19)18-14(17)10-15(22-18)13-7-5-4-6-8-13/h4-8,10,12,20,22H,2-3,9H2,1H3. The number of H-pyrrole nitrogens is 1. The summed E-state index contributed by atoms with van der Waals surface area (Å²) in [6.45, 7) is 3.07. The molecule has 0 atom stereocenters. The summed E-state index contributed by atoms with van der Waals surface area (Å²) in [6.07, 6.45) is 4.00. The fourth-order valence-electron chi connectivity index (χ4n) is 2.52. The molecule has 4 nitrogen and oxygen atoms in total. The van der Waals surface area contributed by atoms with E-state index in [1.807, 2.05) is 30.3 Å². The number of nitriles is 1. The quantitative estimate of drug-likeness (QED) is 0.688. The molecule has 3 rings (SSSR count). The van der Waals surface area contributed by atoms with Crippen molar-refractivity contribution >= 4 is 16.6 Å². The number of aromatic amines is 1. The summed E-state index contributed by atoms with van der Waals surface area (Å²) in [4.78, 5) is 7.59. The van der Waals surface area contributed by atoms with Gasteiger partial charge in [-0.25, -0.2) is 4.98 Å². The first-order chi connectivity index (χ1) is 10.8. The van der Waals surface area contributed by atoms with Crippen molar-refractivity contribution in [2.24, 2.45) is 0 Å². The Labute approximate surface area is 129 Å². The van der Waals surface area contributed by atoms with Gasteiger partial charge in [0.05, 0.1) is 17.4 Å². The lowest BCUT2D eigenvalue weighted by atomic mass is 10.1. The Balaban J connectivity index is 2.08. The molecule has 0 saturated carbocycles. The molecule has 4 heteroatoms. The molecule has 2 N–H and O–H groups in total. The maximum absolute atomic E-state index is 9.27. The number of nitrogens with one attached hydrogen (secondary N) is 2. The number of aromatic nitrogens is 2. The van der Waals surface area contributed by atoms with Crippen molar-refractivity contribution in [3.05, 3.63) is 48.3 Å². The Bertz CT molecular complexity index is 812. The SMILES string of the molecule is CCCCNc1cnc(C#N)c2[nH]c(-c3ccccc3)cc12. The second-order valence-corrected chi connectivity index (χ2v) is 5.25. The van der Waals surface area contributed by atoms with Gasteiger partial charge in [-0.15, -0.1) is 0 Å². The first kappa shape index (κ1) is 14.2. The van der Waals surface area contributed by atoms with Crippen LogP contribution in [0.25, 0.3) is 22.2 Å². The van der Waals surface area contributed by atoms with E-state index in [1.165, 1.54) is 0 Å². The van der Waals surface area contributed by atoms with Crippen LogP contribution in [0.1, 0.15) is 25.5 Å². The summed E-state index contributed by atoms with van der Waals surface area (Å²) in [5, 5.41) is 13.7. The highest BCUT2D eigenvalue weighted by Crippen LogP contribution is 2.30. The number of anilines is 1. The average molecular weight is 290 g/mol. The summed E-state index contributed by atoms with van der Waals surface area (Å²) in [5.74, 6) is 0. The normalized spacial score (nSPS) is 10.5. The Morgan fingerprint density at radius 2 is 2.09 bits per heavy atom. The fraction of sp³-hybridized carbons (Fsp3) is 0.222. The molecule has 22 heavy (non-hydrogen) atoms. The van der Waals surface area contributed by atoms with E-state index < -0.39 is 0 Å². The Hall–Kier alpha value is -2.80. The lowest BCUT2D eigenvalue weighted by Crippen LogP contribution is -2.02. The minimum atomic E-state index is 0.429. The maximum Gasteiger partial charge on any atom is 0.164 e. The molecule has 0 aliphatic rings. The van der Waals surface area contributed by atoms with Gasteiger partial charge < -0.3 is 10.3 Å². The average Bonchev–Trinajstić information content (AvgIpc) is 3.01. The summed E-state index contributed by atoms with van der Waals surface area (Å²) in [5.41, 5.74) is 4.29. The highest BCUT2D eigenvalue weighted by molar-refractivity contribution is 5.97. The molecular formula is C18H18N4. The zero-order valence-corrected chi connectivity index (χ0v) is 12.6.